The molecule has 1 aromatic rings. The van der Waals surface area contributed by atoms with Crippen LogP contribution in [0.1, 0.15) is 26.3 Å². The van der Waals surface area contributed by atoms with Crippen LogP contribution in [-0.2, 0) is 16.0 Å². The van der Waals surface area contributed by atoms with E-state index in [0.29, 0.717) is 18.5 Å². The third-order valence-corrected chi connectivity index (χ3v) is 3.33. The lowest BCUT2D eigenvalue weighted by Gasteiger charge is -2.23. The fraction of sp³-hybridized carbons (Fsp3) is 0.533. The quantitative estimate of drug-likeness (QED) is 0.454. The maximum Gasteiger partial charge on any atom is 0.160 e. The molecule has 0 bridgehead atoms. The van der Waals surface area contributed by atoms with E-state index in [-0.39, 0.29) is 17.4 Å². The fourth-order valence-electron chi connectivity index (χ4n) is 1.64. The molecule has 3 N–H and O–H groups in total. The second kappa shape index (κ2) is 7.76. The van der Waals surface area contributed by atoms with Crippen LogP contribution in [0.5, 0.6) is 0 Å². The van der Waals surface area contributed by atoms with Crippen LogP contribution in [0.4, 0.5) is 5.69 Å². The molecule has 5 heteroatoms. The average Bonchev–Trinajstić information content (AvgIpc) is 2.37. The standard InChI is InChI=1S/C15H23BrN2O2/c1-15(2,3)20-10-18-13(14(19)9-16)8-11-4-6-12(17)7-5-11/h4-7,13,18H,8-10,17H2,1-3H3/t13-/m0/s1. The number of nitrogens with two attached hydrogens (primary N) is 1. The summed E-state index contributed by atoms with van der Waals surface area (Å²) in [6, 6.07) is 7.31. The van der Waals surface area contributed by atoms with Crippen molar-refractivity contribution in [3.8, 4) is 0 Å². The van der Waals surface area contributed by atoms with Gasteiger partial charge >= 0.3 is 0 Å². The zero-order valence-corrected chi connectivity index (χ0v) is 13.9. The molecule has 1 atom stereocenters. The number of anilines is 1. The van der Waals surface area contributed by atoms with E-state index in [1.54, 1.807) is 0 Å². The van der Waals surface area contributed by atoms with E-state index in [1.807, 2.05) is 45.0 Å². The van der Waals surface area contributed by atoms with Crippen LogP contribution in [0.3, 0.4) is 0 Å². The Kier molecular flexibility index (Phi) is 6.65. The molecule has 112 valence electrons. The smallest absolute Gasteiger partial charge is 0.160 e. The highest BCUT2D eigenvalue weighted by molar-refractivity contribution is 9.09. The van der Waals surface area contributed by atoms with Gasteiger partial charge in [0.15, 0.2) is 5.78 Å². The number of ketones is 1. The van der Waals surface area contributed by atoms with Gasteiger partial charge < -0.3 is 10.5 Å². The van der Waals surface area contributed by atoms with E-state index >= 15 is 0 Å². The number of benzene rings is 1. The minimum atomic E-state index is -0.264. The molecule has 4 nitrogen and oxygen atoms in total. The zero-order valence-electron chi connectivity index (χ0n) is 12.3. The van der Waals surface area contributed by atoms with E-state index in [2.05, 4.69) is 21.2 Å². The first kappa shape index (κ1) is 17.1. The second-order valence-corrected chi connectivity index (χ2v) is 6.26. The zero-order chi connectivity index (χ0) is 15.2. The highest BCUT2D eigenvalue weighted by Crippen LogP contribution is 2.10. The Morgan fingerprint density at radius 1 is 1.35 bits per heavy atom. The van der Waals surface area contributed by atoms with Crippen molar-refractivity contribution in [1.82, 2.24) is 5.32 Å². The molecule has 0 aromatic heterocycles. The van der Waals surface area contributed by atoms with Crippen molar-refractivity contribution in [2.75, 3.05) is 17.8 Å². The maximum atomic E-state index is 11.9. The van der Waals surface area contributed by atoms with Gasteiger partial charge in [-0.05, 0) is 44.9 Å². The maximum absolute atomic E-state index is 11.9. The first-order valence-corrected chi connectivity index (χ1v) is 7.74. The Balaban J connectivity index is 2.60. The summed E-state index contributed by atoms with van der Waals surface area (Å²) in [5.41, 5.74) is 7.23. The third kappa shape index (κ3) is 6.50. The summed E-state index contributed by atoms with van der Waals surface area (Å²) in [6.45, 7) is 6.30. The Hall–Kier alpha value is -0.910. The lowest BCUT2D eigenvalue weighted by Crippen LogP contribution is -2.42. The summed E-state index contributed by atoms with van der Waals surface area (Å²) in [4.78, 5) is 11.9. The van der Waals surface area contributed by atoms with Crippen molar-refractivity contribution >= 4 is 27.4 Å². The number of halogens is 1. The number of rotatable bonds is 7. The summed E-state index contributed by atoms with van der Waals surface area (Å²) in [7, 11) is 0. The Morgan fingerprint density at radius 2 is 1.95 bits per heavy atom. The summed E-state index contributed by atoms with van der Waals surface area (Å²) >= 11 is 3.22. The minimum Gasteiger partial charge on any atom is -0.399 e. The molecular formula is C15H23BrN2O2. The van der Waals surface area contributed by atoms with Gasteiger partial charge in [0.1, 0.15) is 0 Å². The van der Waals surface area contributed by atoms with Crippen molar-refractivity contribution < 1.29 is 9.53 Å². The predicted octanol–water partition coefficient (Wildman–Crippen LogP) is 2.51. The lowest BCUT2D eigenvalue weighted by molar-refractivity contribution is -0.119. The number of hydrogen-bond donors (Lipinski definition) is 2. The second-order valence-electron chi connectivity index (χ2n) is 5.70. The van der Waals surface area contributed by atoms with Gasteiger partial charge in [-0.2, -0.15) is 0 Å². The van der Waals surface area contributed by atoms with Crippen molar-refractivity contribution in [2.24, 2.45) is 0 Å². The van der Waals surface area contributed by atoms with Crippen molar-refractivity contribution in [3.05, 3.63) is 29.8 Å². The van der Waals surface area contributed by atoms with Crippen LogP contribution < -0.4 is 11.1 Å². The Bertz CT molecular complexity index is 426. The van der Waals surface area contributed by atoms with Gasteiger partial charge in [-0.15, -0.1) is 0 Å². The molecule has 20 heavy (non-hydrogen) atoms. The highest BCUT2D eigenvalue weighted by Gasteiger charge is 2.18. The largest absolute Gasteiger partial charge is 0.399 e. The first-order valence-electron chi connectivity index (χ1n) is 6.62. The summed E-state index contributed by atoms with van der Waals surface area (Å²) in [5, 5.41) is 3.49. The van der Waals surface area contributed by atoms with Crippen molar-refractivity contribution in [1.29, 1.82) is 0 Å². The van der Waals surface area contributed by atoms with Gasteiger partial charge in [0.05, 0.1) is 23.7 Å². The number of nitrogen functional groups attached to an aromatic ring is 1. The topological polar surface area (TPSA) is 64.3 Å². The third-order valence-electron chi connectivity index (χ3n) is 2.77. The number of carbonyl (C=O) groups is 1. The fourth-order valence-corrected chi connectivity index (χ4v) is 2.03. The van der Waals surface area contributed by atoms with Crippen LogP contribution in [0.2, 0.25) is 0 Å². The molecule has 0 aliphatic rings. The van der Waals surface area contributed by atoms with E-state index in [9.17, 15) is 4.79 Å². The van der Waals surface area contributed by atoms with Gasteiger partial charge in [-0.3, -0.25) is 10.1 Å². The number of ether oxygens (including phenoxy) is 1. The number of alkyl halides is 1. The van der Waals surface area contributed by atoms with E-state index in [4.69, 9.17) is 10.5 Å². The molecule has 0 saturated carbocycles. The van der Waals surface area contributed by atoms with Gasteiger partial charge in [0.25, 0.3) is 0 Å². The van der Waals surface area contributed by atoms with Crippen molar-refractivity contribution in [3.63, 3.8) is 0 Å². The van der Waals surface area contributed by atoms with Crippen LogP contribution >= 0.6 is 15.9 Å². The number of carbonyl (C=O) groups excluding carboxylic acids is 1. The normalized spacial score (nSPS) is 13.2. The summed E-state index contributed by atoms with van der Waals surface area (Å²) in [6.07, 6.45) is 0.623. The number of nitrogens with one attached hydrogen (secondary N) is 1. The monoisotopic (exact) mass is 342 g/mol. The minimum absolute atomic E-state index is 0.110. The molecule has 0 heterocycles. The van der Waals surface area contributed by atoms with Gasteiger partial charge in [0.2, 0.25) is 0 Å². The molecule has 0 amide bonds. The van der Waals surface area contributed by atoms with Gasteiger partial charge in [0, 0.05) is 5.69 Å². The highest BCUT2D eigenvalue weighted by atomic mass is 79.9. The van der Waals surface area contributed by atoms with Crippen LogP contribution in [0, 0.1) is 0 Å². The molecule has 0 aliphatic carbocycles. The summed E-state index contributed by atoms with van der Waals surface area (Å²) in [5.74, 6) is 0.110. The number of hydrogen-bond acceptors (Lipinski definition) is 4. The van der Waals surface area contributed by atoms with Gasteiger partial charge in [-0.25, -0.2) is 0 Å². The van der Waals surface area contributed by atoms with Crippen LogP contribution in [0.15, 0.2) is 24.3 Å². The Morgan fingerprint density at radius 3 is 2.45 bits per heavy atom. The van der Waals surface area contributed by atoms with Gasteiger partial charge in [-0.1, -0.05) is 28.1 Å². The van der Waals surface area contributed by atoms with E-state index in [1.165, 1.54) is 0 Å². The molecule has 1 aromatic carbocycles. The molecule has 0 aliphatic heterocycles. The van der Waals surface area contributed by atoms with E-state index in [0.717, 1.165) is 11.3 Å². The number of Topliss-reactive ketones (excluding diaryl/α,β-unsaturated/α-hetero) is 1. The lowest BCUT2D eigenvalue weighted by atomic mass is 10.0. The molecule has 0 saturated heterocycles. The molecular weight excluding hydrogens is 320 g/mol. The first-order chi connectivity index (χ1) is 9.31. The van der Waals surface area contributed by atoms with Crippen LogP contribution in [-0.4, -0.2) is 29.5 Å². The van der Waals surface area contributed by atoms with Crippen molar-refractivity contribution in [2.45, 2.75) is 38.8 Å². The molecule has 1 rings (SSSR count). The SMILES string of the molecule is CC(C)(C)OCN[C@@H](Cc1ccc(N)cc1)C(=O)CBr. The predicted molar refractivity (Wildman–Crippen MR) is 86.0 cm³/mol. The molecule has 0 radical (unpaired) electrons. The average molecular weight is 343 g/mol. The summed E-state index contributed by atoms with van der Waals surface area (Å²) < 4.78 is 5.61. The van der Waals surface area contributed by atoms with E-state index < -0.39 is 0 Å². The van der Waals surface area contributed by atoms with Crippen LogP contribution in [0.25, 0.3) is 0 Å². The molecule has 0 spiro atoms. The Labute approximate surface area is 129 Å². The molecule has 0 fully saturated rings. The molecule has 0 unspecified atom stereocenters.